The number of rotatable bonds is 9. The maximum absolute atomic E-state index is 14.1. The molecule has 0 saturated carbocycles. The molecule has 0 radical (unpaired) electrons. The molecular weight excluding hydrogens is 506 g/mol. The molecule has 7 nitrogen and oxygen atoms in total. The van der Waals surface area contributed by atoms with Crippen molar-refractivity contribution in [1.29, 1.82) is 0 Å². The van der Waals surface area contributed by atoms with E-state index in [1.54, 1.807) is 43.5 Å². The van der Waals surface area contributed by atoms with Crippen molar-refractivity contribution >= 4 is 11.9 Å². The lowest BCUT2D eigenvalue weighted by Gasteiger charge is -2.37. The lowest BCUT2D eigenvalue weighted by Crippen LogP contribution is -2.51. The van der Waals surface area contributed by atoms with Crippen LogP contribution < -0.4 is 14.2 Å². The molecule has 7 heteroatoms. The topological polar surface area (TPSA) is 85.3 Å². The van der Waals surface area contributed by atoms with Gasteiger partial charge in [0, 0.05) is 24.1 Å². The Balaban J connectivity index is 1.46. The Labute approximate surface area is 233 Å². The summed E-state index contributed by atoms with van der Waals surface area (Å²) < 4.78 is 17.7. The van der Waals surface area contributed by atoms with Crippen molar-refractivity contribution in [2.24, 2.45) is 0 Å². The zero-order chi connectivity index (χ0) is 28.1. The van der Waals surface area contributed by atoms with Crippen molar-refractivity contribution in [2.75, 3.05) is 7.11 Å². The lowest BCUT2D eigenvalue weighted by atomic mass is 9.90. The Kier molecular flexibility index (Phi) is 8.01. The van der Waals surface area contributed by atoms with Crippen molar-refractivity contribution in [1.82, 2.24) is 4.90 Å². The van der Waals surface area contributed by atoms with Crippen molar-refractivity contribution in [2.45, 2.75) is 38.6 Å². The Bertz CT molecular complexity index is 1470. The van der Waals surface area contributed by atoms with Gasteiger partial charge in [-0.15, -0.1) is 0 Å². The van der Waals surface area contributed by atoms with E-state index in [9.17, 15) is 14.7 Å². The molecule has 0 unspecified atom stereocenters. The maximum atomic E-state index is 14.1. The van der Waals surface area contributed by atoms with E-state index in [2.05, 4.69) is 0 Å². The molecule has 0 aromatic heterocycles. The van der Waals surface area contributed by atoms with Gasteiger partial charge in [-0.05, 0) is 47.9 Å². The average molecular weight is 538 g/mol. The van der Waals surface area contributed by atoms with Gasteiger partial charge in [-0.2, -0.15) is 0 Å². The average Bonchev–Trinajstić information content (AvgIpc) is 2.99. The van der Waals surface area contributed by atoms with E-state index in [1.165, 1.54) is 4.90 Å². The largest absolute Gasteiger partial charge is 0.497 e. The molecule has 40 heavy (non-hydrogen) atoms. The van der Waals surface area contributed by atoms with Gasteiger partial charge in [0.05, 0.1) is 7.11 Å². The van der Waals surface area contributed by atoms with Crippen molar-refractivity contribution in [3.63, 3.8) is 0 Å². The maximum Gasteiger partial charge on any atom is 0.326 e. The van der Waals surface area contributed by atoms with E-state index < -0.39 is 24.0 Å². The highest BCUT2D eigenvalue weighted by Crippen LogP contribution is 2.36. The summed E-state index contributed by atoms with van der Waals surface area (Å²) in [6.45, 7) is 2.44. The van der Waals surface area contributed by atoms with Crippen molar-refractivity contribution in [3.8, 4) is 17.2 Å². The summed E-state index contributed by atoms with van der Waals surface area (Å²) in [7, 11) is 1.58. The van der Waals surface area contributed by atoms with Crippen LogP contribution in [-0.4, -0.2) is 35.0 Å². The minimum Gasteiger partial charge on any atom is -0.497 e. The fourth-order valence-electron chi connectivity index (χ4n) is 4.97. The Morgan fingerprint density at radius 3 is 2.20 bits per heavy atom. The highest BCUT2D eigenvalue weighted by Gasteiger charge is 2.40. The molecular formula is C33H31NO6. The summed E-state index contributed by atoms with van der Waals surface area (Å²) in [6, 6.07) is 28.7. The van der Waals surface area contributed by atoms with Crippen LogP contribution in [0.3, 0.4) is 0 Å². The molecule has 5 rings (SSSR count). The number of ether oxygens (including phenoxy) is 3. The molecule has 4 aromatic rings. The first-order valence-corrected chi connectivity index (χ1v) is 13.1. The van der Waals surface area contributed by atoms with E-state index in [-0.39, 0.29) is 13.0 Å². The number of aryl methyl sites for hydroxylation is 1. The van der Waals surface area contributed by atoms with Crippen molar-refractivity contribution in [3.05, 3.63) is 125 Å². The quantitative estimate of drug-likeness (QED) is 0.293. The van der Waals surface area contributed by atoms with E-state index in [1.807, 2.05) is 67.6 Å². The van der Waals surface area contributed by atoms with Gasteiger partial charge >= 0.3 is 5.97 Å². The van der Waals surface area contributed by atoms with Crippen LogP contribution in [0.25, 0.3) is 0 Å². The molecule has 0 saturated heterocycles. The van der Waals surface area contributed by atoms with Crippen LogP contribution in [0, 0.1) is 6.92 Å². The molecule has 204 valence electrons. The van der Waals surface area contributed by atoms with E-state index in [4.69, 9.17) is 14.2 Å². The van der Waals surface area contributed by atoms with Crippen LogP contribution in [0.15, 0.2) is 97.1 Å². The number of amides is 1. The number of hydrogen-bond donors (Lipinski definition) is 1. The van der Waals surface area contributed by atoms with Crippen LogP contribution in [0.1, 0.15) is 33.9 Å². The number of carboxylic acid groups (broad SMARTS) is 1. The Hall–Kier alpha value is -4.78. The summed E-state index contributed by atoms with van der Waals surface area (Å²) in [5.41, 5.74) is 4.25. The minimum atomic E-state index is -1.08. The number of carboxylic acids is 1. The molecule has 1 N–H and O–H groups in total. The van der Waals surface area contributed by atoms with Gasteiger partial charge in [0.1, 0.15) is 29.9 Å². The van der Waals surface area contributed by atoms with E-state index in [0.29, 0.717) is 29.4 Å². The van der Waals surface area contributed by atoms with Crippen LogP contribution in [-0.2, 0) is 29.2 Å². The van der Waals surface area contributed by atoms with E-state index in [0.717, 1.165) is 22.3 Å². The van der Waals surface area contributed by atoms with Gasteiger partial charge in [0.2, 0.25) is 6.10 Å². The summed E-state index contributed by atoms with van der Waals surface area (Å²) in [4.78, 5) is 28.1. The third-order valence-electron chi connectivity index (χ3n) is 7.10. The Morgan fingerprint density at radius 1 is 0.900 bits per heavy atom. The number of aliphatic carboxylic acids is 1. The van der Waals surface area contributed by atoms with Gasteiger partial charge < -0.3 is 24.2 Å². The molecule has 1 aliphatic heterocycles. The van der Waals surface area contributed by atoms with Gasteiger partial charge in [-0.1, -0.05) is 72.8 Å². The smallest absolute Gasteiger partial charge is 0.326 e. The summed E-state index contributed by atoms with van der Waals surface area (Å²) in [6.07, 6.45) is -0.899. The third kappa shape index (κ3) is 5.78. The van der Waals surface area contributed by atoms with E-state index >= 15 is 0 Å². The van der Waals surface area contributed by atoms with Crippen molar-refractivity contribution < 1.29 is 28.9 Å². The molecule has 1 aliphatic rings. The number of methoxy groups -OCH3 is 1. The number of fused-ring (bicyclic) bond motifs is 1. The fourth-order valence-corrected chi connectivity index (χ4v) is 4.97. The number of hydrogen-bond acceptors (Lipinski definition) is 5. The first-order chi connectivity index (χ1) is 19.4. The zero-order valence-electron chi connectivity index (χ0n) is 22.4. The predicted molar refractivity (Wildman–Crippen MR) is 150 cm³/mol. The minimum absolute atomic E-state index is 0.127. The molecule has 0 spiro atoms. The Morgan fingerprint density at radius 2 is 1.55 bits per heavy atom. The number of carbonyl (C=O) groups is 2. The normalized spacial score (nSPS) is 15.1. The van der Waals surface area contributed by atoms with Gasteiger partial charge in [0.15, 0.2) is 0 Å². The number of nitrogens with zero attached hydrogens (tertiary/aromatic N) is 1. The molecule has 2 atom stereocenters. The number of carbonyl (C=O) groups excluding carboxylic acids is 1. The monoisotopic (exact) mass is 537 g/mol. The fraction of sp³-hybridized carbons (Fsp3) is 0.212. The molecule has 1 amide bonds. The van der Waals surface area contributed by atoms with Gasteiger partial charge in [-0.3, -0.25) is 4.79 Å². The zero-order valence-corrected chi connectivity index (χ0v) is 22.4. The molecule has 0 aliphatic carbocycles. The predicted octanol–water partition coefficient (Wildman–Crippen LogP) is 5.74. The second-order valence-corrected chi connectivity index (χ2v) is 9.73. The summed E-state index contributed by atoms with van der Waals surface area (Å²) in [5.74, 6) is 0.306. The molecule has 4 aromatic carbocycles. The second-order valence-electron chi connectivity index (χ2n) is 9.73. The van der Waals surface area contributed by atoms with Gasteiger partial charge in [-0.25, -0.2) is 4.79 Å². The van der Waals surface area contributed by atoms with Crippen LogP contribution in [0.2, 0.25) is 0 Å². The first kappa shape index (κ1) is 26.8. The van der Waals surface area contributed by atoms with Crippen LogP contribution in [0.5, 0.6) is 17.2 Å². The molecule has 1 heterocycles. The highest BCUT2D eigenvalue weighted by molar-refractivity contribution is 5.88. The highest BCUT2D eigenvalue weighted by atomic mass is 16.5. The number of benzene rings is 4. The van der Waals surface area contributed by atoms with Crippen LogP contribution >= 0.6 is 0 Å². The molecule has 0 fully saturated rings. The van der Waals surface area contributed by atoms with Gasteiger partial charge in [0.25, 0.3) is 5.91 Å². The SMILES string of the molecule is COc1ccc(O[C@@H](C(=O)N2Cc3ccc(C)c(OCc4ccccc4)c3C[C@@H]2C(=O)O)c2ccccc2)cc1. The summed E-state index contributed by atoms with van der Waals surface area (Å²) in [5, 5.41) is 10.3. The molecule has 0 bridgehead atoms. The summed E-state index contributed by atoms with van der Waals surface area (Å²) >= 11 is 0. The third-order valence-corrected chi connectivity index (χ3v) is 7.10. The second kappa shape index (κ2) is 11.9. The van der Waals surface area contributed by atoms with Crippen LogP contribution in [0.4, 0.5) is 0 Å². The standard InChI is InChI=1S/C33H31NO6/c1-22-13-14-25-20-34(29(33(36)37)19-28(25)30(22)39-21-23-9-5-3-6-10-23)32(35)31(24-11-7-4-8-12-24)40-27-17-15-26(38-2)16-18-27/h3-18,29,31H,19-21H2,1-2H3,(H,36,37)/t29-,31-/m1/s1. The first-order valence-electron chi connectivity index (χ1n) is 13.1. The lowest BCUT2D eigenvalue weighted by molar-refractivity contribution is -0.155.